The third-order valence-corrected chi connectivity index (χ3v) is 3.66. The molecular weight excluding hydrogens is 301 g/mol. The highest BCUT2D eigenvalue weighted by Crippen LogP contribution is 2.34. The number of halogens is 3. The minimum absolute atomic E-state index is 0.661. The molecule has 4 heteroatoms. The van der Waals surface area contributed by atoms with Crippen LogP contribution in [-0.4, -0.2) is 6.54 Å². The highest BCUT2D eigenvalue weighted by molar-refractivity contribution is 6.35. The molecule has 1 N–H and O–H groups in total. The van der Waals surface area contributed by atoms with Crippen molar-refractivity contribution in [2.45, 2.75) is 13.5 Å². The molecule has 100 valence electrons. The summed E-state index contributed by atoms with van der Waals surface area (Å²) in [5, 5.41) is 5.33. The molecule has 0 bridgehead atoms. The lowest BCUT2D eigenvalue weighted by atomic mass is 9.99. The summed E-state index contributed by atoms with van der Waals surface area (Å²) in [6.45, 7) is 3.75. The lowest BCUT2D eigenvalue weighted by molar-refractivity contribution is 0.728. The summed E-state index contributed by atoms with van der Waals surface area (Å²) in [6, 6.07) is 11.3. The van der Waals surface area contributed by atoms with E-state index in [1.807, 2.05) is 24.3 Å². The molecule has 2 aromatic carbocycles. The van der Waals surface area contributed by atoms with Gasteiger partial charge in [-0.1, -0.05) is 47.8 Å². The molecule has 0 atom stereocenters. The van der Waals surface area contributed by atoms with Crippen molar-refractivity contribution >= 4 is 34.8 Å². The van der Waals surface area contributed by atoms with Crippen molar-refractivity contribution in [2.24, 2.45) is 0 Å². The molecule has 1 nitrogen and oxygen atoms in total. The van der Waals surface area contributed by atoms with Crippen LogP contribution in [0.2, 0.25) is 15.1 Å². The minimum Gasteiger partial charge on any atom is -0.313 e. The Kier molecular flexibility index (Phi) is 5.12. The summed E-state index contributed by atoms with van der Waals surface area (Å²) in [5.41, 5.74) is 3.07. The SMILES string of the molecule is CCNCc1ccc(Cl)cc1-c1cc(Cl)ccc1Cl. The largest absolute Gasteiger partial charge is 0.313 e. The smallest absolute Gasteiger partial charge is 0.0485 e. The monoisotopic (exact) mass is 313 g/mol. The van der Waals surface area contributed by atoms with Crippen LogP contribution in [-0.2, 0) is 6.54 Å². The maximum atomic E-state index is 6.27. The van der Waals surface area contributed by atoms with Crippen LogP contribution in [0.1, 0.15) is 12.5 Å². The Labute approximate surface area is 128 Å². The summed E-state index contributed by atoms with van der Waals surface area (Å²) in [7, 11) is 0. The molecule has 2 rings (SSSR count). The minimum atomic E-state index is 0.661. The van der Waals surface area contributed by atoms with Gasteiger partial charge in [0.15, 0.2) is 0 Å². The van der Waals surface area contributed by atoms with Gasteiger partial charge in [0.25, 0.3) is 0 Å². The van der Waals surface area contributed by atoms with Crippen LogP contribution < -0.4 is 5.32 Å². The molecule has 0 heterocycles. The average molecular weight is 315 g/mol. The molecule has 0 aliphatic rings. The average Bonchev–Trinajstić information content (AvgIpc) is 2.40. The van der Waals surface area contributed by atoms with Gasteiger partial charge in [0.05, 0.1) is 0 Å². The Bertz CT molecular complexity index is 582. The Morgan fingerprint density at radius 1 is 0.895 bits per heavy atom. The van der Waals surface area contributed by atoms with E-state index in [1.54, 1.807) is 12.1 Å². The Balaban J connectivity index is 2.52. The Morgan fingerprint density at radius 3 is 2.21 bits per heavy atom. The van der Waals surface area contributed by atoms with Gasteiger partial charge < -0.3 is 5.32 Å². The van der Waals surface area contributed by atoms with Gasteiger partial charge in [0.1, 0.15) is 0 Å². The second kappa shape index (κ2) is 6.62. The van der Waals surface area contributed by atoms with E-state index < -0.39 is 0 Å². The zero-order valence-corrected chi connectivity index (χ0v) is 12.8. The van der Waals surface area contributed by atoms with Crippen molar-refractivity contribution in [2.75, 3.05) is 6.54 Å². The van der Waals surface area contributed by atoms with Crippen molar-refractivity contribution in [3.63, 3.8) is 0 Å². The van der Waals surface area contributed by atoms with Crippen LogP contribution in [0.4, 0.5) is 0 Å². The third-order valence-electron chi connectivity index (χ3n) is 2.86. The van der Waals surface area contributed by atoms with Crippen molar-refractivity contribution in [3.8, 4) is 11.1 Å². The summed E-state index contributed by atoms with van der Waals surface area (Å²) < 4.78 is 0. The first kappa shape index (κ1) is 14.7. The Morgan fingerprint density at radius 2 is 1.53 bits per heavy atom. The van der Waals surface area contributed by atoms with E-state index >= 15 is 0 Å². The molecule has 0 aromatic heterocycles. The van der Waals surface area contributed by atoms with Gasteiger partial charge in [-0.05, 0) is 48.0 Å². The quantitative estimate of drug-likeness (QED) is 0.794. The van der Waals surface area contributed by atoms with E-state index in [-0.39, 0.29) is 0 Å². The molecule has 0 aliphatic heterocycles. The summed E-state index contributed by atoms with van der Waals surface area (Å²) in [5.74, 6) is 0. The highest BCUT2D eigenvalue weighted by Gasteiger charge is 2.10. The van der Waals surface area contributed by atoms with Crippen molar-refractivity contribution in [3.05, 3.63) is 57.0 Å². The van der Waals surface area contributed by atoms with Gasteiger partial charge in [-0.3, -0.25) is 0 Å². The number of benzene rings is 2. The van der Waals surface area contributed by atoms with E-state index in [2.05, 4.69) is 12.2 Å². The molecule has 0 fully saturated rings. The van der Waals surface area contributed by atoms with E-state index in [4.69, 9.17) is 34.8 Å². The fraction of sp³-hybridized carbons (Fsp3) is 0.200. The van der Waals surface area contributed by atoms with E-state index in [1.165, 1.54) is 0 Å². The van der Waals surface area contributed by atoms with Crippen molar-refractivity contribution in [1.29, 1.82) is 0 Å². The molecule has 0 saturated heterocycles. The molecule has 19 heavy (non-hydrogen) atoms. The summed E-state index contributed by atoms with van der Waals surface area (Å²) in [4.78, 5) is 0. The van der Waals surface area contributed by atoms with Crippen LogP contribution in [0.3, 0.4) is 0 Å². The first-order valence-corrected chi connectivity index (χ1v) is 7.19. The lowest BCUT2D eigenvalue weighted by Crippen LogP contribution is -2.12. The van der Waals surface area contributed by atoms with Crippen LogP contribution >= 0.6 is 34.8 Å². The molecule has 0 amide bonds. The lowest BCUT2D eigenvalue weighted by Gasteiger charge is -2.12. The van der Waals surface area contributed by atoms with Gasteiger partial charge >= 0.3 is 0 Å². The fourth-order valence-electron chi connectivity index (χ4n) is 1.92. The van der Waals surface area contributed by atoms with Crippen molar-refractivity contribution < 1.29 is 0 Å². The third kappa shape index (κ3) is 3.64. The van der Waals surface area contributed by atoms with Gasteiger partial charge in [-0.2, -0.15) is 0 Å². The standard InChI is InChI=1S/C15H14Cl3N/c1-2-19-9-10-3-4-11(16)7-13(10)14-8-12(17)5-6-15(14)18/h3-8,19H,2,9H2,1H3. The maximum absolute atomic E-state index is 6.27. The van der Waals surface area contributed by atoms with Crippen molar-refractivity contribution in [1.82, 2.24) is 5.32 Å². The predicted molar refractivity (Wildman–Crippen MR) is 84.3 cm³/mol. The first-order chi connectivity index (χ1) is 9.11. The second-order valence-corrected chi connectivity index (χ2v) is 5.49. The number of hydrogen-bond acceptors (Lipinski definition) is 1. The predicted octanol–water partition coefficient (Wildman–Crippen LogP) is 5.42. The second-order valence-electron chi connectivity index (χ2n) is 4.21. The van der Waals surface area contributed by atoms with E-state index in [0.717, 1.165) is 29.8 Å². The molecule has 0 saturated carbocycles. The van der Waals surface area contributed by atoms with Crippen LogP contribution in [0.15, 0.2) is 36.4 Å². The van der Waals surface area contributed by atoms with Gasteiger partial charge in [0, 0.05) is 27.2 Å². The molecule has 0 radical (unpaired) electrons. The number of hydrogen-bond donors (Lipinski definition) is 1. The molecule has 2 aromatic rings. The number of rotatable bonds is 4. The highest BCUT2D eigenvalue weighted by atomic mass is 35.5. The molecule has 0 unspecified atom stereocenters. The normalized spacial score (nSPS) is 10.7. The summed E-state index contributed by atoms with van der Waals surface area (Å²) in [6.07, 6.45) is 0. The number of nitrogens with one attached hydrogen (secondary N) is 1. The topological polar surface area (TPSA) is 12.0 Å². The van der Waals surface area contributed by atoms with Crippen LogP contribution in [0.25, 0.3) is 11.1 Å². The van der Waals surface area contributed by atoms with Gasteiger partial charge in [-0.15, -0.1) is 0 Å². The zero-order chi connectivity index (χ0) is 13.8. The van der Waals surface area contributed by atoms with Gasteiger partial charge in [0.2, 0.25) is 0 Å². The molecular formula is C15H14Cl3N. The maximum Gasteiger partial charge on any atom is 0.0485 e. The first-order valence-electron chi connectivity index (χ1n) is 6.06. The Hall–Kier alpha value is -0.730. The molecule has 0 spiro atoms. The van der Waals surface area contributed by atoms with E-state index in [9.17, 15) is 0 Å². The fourth-order valence-corrected chi connectivity index (χ4v) is 2.48. The van der Waals surface area contributed by atoms with E-state index in [0.29, 0.717) is 15.1 Å². The van der Waals surface area contributed by atoms with Crippen LogP contribution in [0.5, 0.6) is 0 Å². The van der Waals surface area contributed by atoms with Gasteiger partial charge in [-0.25, -0.2) is 0 Å². The zero-order valence-electron chi connectivity index (χ0n) is 10.5. The molecule has 0 aliphatic carbocycles. The summed E-state index contributed by atoms with van der Waals surface area (Å²) >= 11 is 18.4. The van der Waals surface area contributed by atoms with Crippen LogP contribution in [0, 0.1) is 0 Å².